The quantitative estimate of drug-likeness (QED) is 0.645. The average molecular weight is 174 g/mol. The van der Waals surface area contributed by atoms with Crippen molar-refractivity contribution in [3.8, 4) is 0 Å². The molecule has 0 aliphatic heterocycles. The molecule has 0 nitrogen and oxygen atoms in total. The molecule has 0 heterocycles. The standard InChI is InChI=1S/C9H9F3/c1-6(9(11)12)7-3-2-4-8(10)5-7/h2-6,9H,1H3. The van der Waals surface area contributed by atoms with E-state index in [1.54, 1.807) is 0 Å². The van der Waals surface area contributed by atoms with Gasteiger partial charge in [0, 0.05) is 5.92 Å². The van der Waals surface area contributed by atoms with Gasteiger partial charge in [-0.3, -0.25) is 0 Å². The van der Waals surface area contributed by atoms with Crippen LogP contribution in [0.5, 0.6) is 0 Å². The molecular formula is C9H9F3. The third-order valence-electron chi connectivity index (χ3n) is 1.75. The predicted octanol–water partition coefficient (Wildman–Crippen LogP) is 3.19. The Morgan fingerprint density at radius 3 is 2.42 bits per heavy atom. The molecule has 0 bridgehead atoms. The minimum absolute atomic E-state index is 0.338. The van der Waals surface area contributed by atoms with Gasteiger partial charge in [-0.1, -0.05) is 19.1 Å². The number of hydrogen-bond acceptors (Lipinski definition) is 0. The molecule has 1 unspecified atom stereocenters. The molecule has 0 saturated heterocycles. The molecule has 0 N–H and O–H groups in total. The van der Waals surface area contributed by atoms with Gasteiger partial charge in [-0.05, 0) is 17.7 Å². The topological polar surface area (TPSA) is 0 Å². The number of alkyl halides is 2. The van der Waals surface area contributed by atoms with Crippen LogP contribution >= 0.6 is 0 Å². The van der Waals surface area contributed by atoms with Crippen LogP contribution in [-0.4, -0.2) is 6.43 Å². The van der Waals surface area contributed by atoms with Crippen LogP contribution in [-0.2, 0) is 0 Å². The van der Waals surface area contributed by atoms with Crippen LogP contribution in [0, 0.1) is 5.82 Å². The molecular weight excluding hydrogens is 165 g/mol. The summed E-state index contributed by atoms with van der Waals surface area (Å²) in [7, 11) is 0. The summed E-state index contributed by atoms with van der Waals surface area (Å²) in [6, 6.07) is 5.31. The fourth-order valence-corrected chi connectivity index (χ4v) is 0.935. The normalized spacial score (nSPS) is 13.4. The summed E-state index contributed by atoms with van der Waals surface area (Å²) in [6.07, 6.45) is -2.44. The van der Waals surface area contributed by atoms with Gasteiger partial charge in [-0.25, -0.2) is 13.2 Å². The fourth-order valence-electron chi connectivity index (χ4n) is 0.935. The Bertz CT molecular complexity index is 258. The van der Waals surface area contributed by atoms with E-state index in [1.165, 1.54) is 25.1 Å². The highest BCUT2D eigenvalue weighted by molar-refractivity contribution is 5.20. The molecule has 1 aromatic carbocycles. The first-order valence-electron chi connectivity index (χ1n) is 3.65. The van der Waals surface area contributed by atoms with E-state index in [0.29, 0.717) is 5.56 Å². The van der Waals surface area contributed by atoms with Gasteiger partial charge in [-0.2, -0.15) is 0 Å². The van der Waals surface area contributed by atoms with Gasteiger partial charge < -0.3 is 0 Å². The molecule has 1 atom stereocenters. The summed E-state index contributed by atoms with van der Waals surface area (Å²) in [6.45, 7) is 1.37. The lowest BCUT2D eigenvalue weighted by molar-refractivity contribution is 0.121. The van der Waals surface area contributed by atoms with Crippen molar-refractivity contribution in [2.75, 3.05) is 0 Å². The van der Waals surface area contributed by atoms with Gasteiger partial charge in [0.25, 0.3) is 0 Å². The molecule has 12 heavy (non-hydrogen) atoms. The summed E-state index contributed by atoms with van der Waals surface area (Å²) < 4.78 is 36.8. The Balaban J connectivity index is 2.88. The first-order valence-corrected chi connectivity index (χ1v) is 3.65. The zero-order valence-corrected chi connectivity index (χ0v) is 6.60. The third kappa shape index (κ3) is 2.00. The van der Waals surface area contributed by atoms with Crippen molar-refractivity contribution < 1.29 is 13.2 Å². The molecule has 0 radical (unpaired) electrons. The molecule has 0 aliphatic carbocycles. The van der Waals surface area contributed by atoms with Crippen LogP contribution in [0.3, 0.4) is 0 Å². The van der Waals surface area contributed by atoms with Gasteiger partial charge in [-0.15, -0.1) is 0 Å². The molecule has 1 rings (SSSR count). The molecule has 0 aliphatic rings. The maximum Gasteiger partial charge on any atom is 0.245 e. The van der Waals surface area contributed by atoms with Crippen molar-refractivity contribution in [1.29, 1.82) is 0 Å². The fraction of sp³-hybridized carbons (Fsp3) is 0.333. The Morgan fingerprint density at radius 1 is 1.25 bits per heavy atom. The van der Waals surface area contributed by atoms with E-state index < -0.39 is 18.2 Å². The summed E-state index contributed by atoms with van der Waals surface area (Å²) >= 11 is 0. The van der Waals surface area contributed by atoms with Crippen LogP contribution in [0.4, 0.5) is 13.2 Å². The Labute approximate surface area is 69.0 Å². The second-order valence-electron chi connectivity index (χ2n) is 2.68. The lowest BCUT2D eigenvalue weighted by atomic mass is 10.0. The summed E-state index contributed by atoms with van der Waals surface area (Å²) in [5, 5.41) is 0. The van der Waals surface area contributed by atoms with Gasteiger partial charge in [0.1, 0.15) is 5.82 Å². The van der Waals surface area contributed by atoms with Gasteiger partial charge in [0.2, 0.25) is 6.43 Å². The highest BCUT2D eigenvalue weighted by Gasteiger charge is 2.16. The van der Waals surface area contributed by atoms with Gasteiger partial charge in [0.05, 0.1) is 0 Å². The van der Waals surface area contributed by atoms with Crippen molar-refractivity contribution in [2.45, 2.75) is 19.3 Å². The highest BCUT2D eigenvalue weighted by atomic mass is 19.3. The number of benzene rings is 1. The zero-order valence-electron chi connectivity index (χ0n) is 6.60. The summed E-state index contributed by atoms with van der Waals surface area (Å²) in [5.74, 6) is -1.37. The first kappa shape index (κ1) is 9.10. The van der Waals surface area contributed by atoms with Crippen LogP contribution in [0.2, 0.25) is 0 Å². The van der Waals surface area contributed by atoms with E-state index in [2.05, 4.69) is 0 Å². The second kappa shape index (κ2) is 3.61. The van der Waals surface area contributed by atoms with E-state index in [4.69, 9.17) is 0 Å². The van der Waals surface area contributed by atoms with Crippen LogP contribution in [0.25, 0.3) is 0 Å². The van der Waals surface area contributed by atoms with Crippen molar-refractivity contribution in [3.05, 3.63) is 35.6 Å². The van der Waals surface area contributed by atoms with E-state index in [0.717, 1.165) is 6.07 Å². The van der Waals surface area contributed by atoms with E-state index in [1.807, 2.05) is 0 Å². The molecule has 3 heteroatoms. The third-order valence-corrected chi connectivity index (χ3v) is 1.75. The molecule has 0 aromatic heterocycles. The number of hydrogen-bond donors (Lipinski definition) is 0. The molecule has 0 spiro atoms. The summed E-state index contributed by atoms with van der Waals surface area (Å²) in [4.78, 5) is 0. The van der Waals surface area contributed by atoms with Crippen molar-refractivity contribution >= 4 is 0 Å². The van der Waals surface area contributed by atoms with E-state index >= 15 is 0 Å². The van der Waals surface area contributed by atoms with Gasteiger partial charge in [0.15, 0.2) is 0 Å². The molecule has 0 amide bonds. The number of rotatable bonds is 2. The first-order chi connectivity index (χ1) is 5.61. The Kier molecular flexibility index (Phi) is 2.74. The minimum atomic E-state index is -2.44. The number of halogens is 3. The monoisotopic (exact) mass is 174 g/mol. The Hall–Kier alpha value is -0.990. The van der Waals surface area contributed by atoms with Crippen molar-refractivity contribution in [2.24, 2.45) is 0 Å². The highest BCUT2D eigenvalue weighted by Crippen LogP contribution is 2.22. The minimum Gasteiger partial charge on any atom is -0.210 e. The van der Waals surface area contributed by atoms with E-state index in [9.17, 15) is 13.2 Å². The average Bonchev–Trinajstić information content (AvgIpc) is 2.03. The zero-order chi connectivity index (χ0) is 9.14. The maximum absolute atomic E-state index is 12.5. The van der Waals surface area contributed by atoms with Crippen molar-refractivity contribution in [3.63, 3.8) is 0 Å². The Morgan fingerprint density at radius 2 is 1.92 bits per heavy atom. The lowest BCUT2D eigenvalue weighted by Crippen LogP contribution is -2.04. The van der Waals surface area contributed by atoms with Crippen LogP contribution < -0.4 is 0 Å². The smallest absolute Gasteiger partial charge is 0.210 e. The summed E-state index contributed by atoms with van der Waals surface area (Å²) in [5.41, 5.74) is 0.338. The predicted molar refractivity (Wildman–Crippen MR) is 40.8 cm³/mol. The maximum atomic E-state index is 12.5. The largest absolute Gasteiger partial charge is 0.245 e. The molecule has 66 valence electrons. The van der Waals surface area contributed by atoms with Crippen molar-refractivity contribution in [1.82, 2.24) is 0 Å². The van der Waals surface area contributed by atoms with Crippen LogP contribution in [0.15, 0.2) is 24.3 Å². The second-order valence-corrected chi connectivity index (χ2v) is 2.68. The SMILES string of the molecule is CC(c1cccc(F)c1)C(F)F. The lowest BCUT2D eigenvalue weighted by Gasteiger charge is -2.09. The molecule has 0 saturated carbocycles. The van der Waals surface area contributed by atoms with E-state index in [-0.39, 0.29) is 0 Å². The molecule has 1 aromatic rings. The van der Waals surface area contributed by atoms with Gasteiger partial charge >= 0.3 is 0 Å². The van der Waals surface area contributed by atoms with Crippen LogP contribution in [0.1, 0.15) is 18.4 Å². The molecule has 0 fully saturated rings.